The normalized spacial score (nSPS) is 16.4. The van der Waals surface area contributed by atoms with Crippen molar-refractivity contribution in [2.45, 2.75) is 31.2 Å². The van der Waals surface area contributed by atoms with Crippen LogP contribution in [0, 0.1) is 0 Å². The quantitative estimate of drug-likeness (QED) is 0.909. The second kappa shape index (κ2) is 5.29. The lowest BCUT2D eigenvalue weighted by atomic mass is 9.64. The lowest BCUT2D eigenvalue weighted by Gasteiger charge is -2.40. The largest absolute Gasteiger partial charge is 0.350 e. The molecule has 2 aromatic rings. The Morgan fingerprint density at radius 1 is 1.40 bits per heavy atom. The van der Waals surface area contributed by atoms with Gasteiger partial charge in [0, 0.05) is 11.2 Å². The van der Waals surface area contributed by atoms with Gasteiger partial charge in [0.05, 0.1) is 17.7 Å². The third-order valence-corrected chi connectivity index (χ3v) is 4.25. The van der Waals surface area contributed by atoms with Gasteiger partial charge in [-0.2, -0.15) is 5.10 Å². The number of carbonyl (C=O) groups excluding carboxylic acids is 1. The summed E-state index contributed by atoms with van der Waals surface area (Å²) in [5.41, 5.74) is 1.50. The smallest absolute Gasteiger partial charge is 0.230 e. The zero-order valence-electron chi connectivity index (χ0n) is 11.0. The Kier molecular flexibility index (Phi) is 3.49. The molecular weight excluding hydrogens is 274 g/mol. The summed E-state index contributed by atoms with van der Waals surface area (Å²) in [5, 5.41) is 10.4. The van der Waals surface area contributed by atoms with Crippen molar-refractivity contribution in [2.24, 2.45) is 0 Å². The summed E-state index contributed by atoms with van der Waals surface area (Å²) in [5.74, 6) is 0.0700. The molecule has 0 unspecified atom stereocenters. The second-order valence-electron chi connectivity index (χ2n) is 5.21. The van der Waals surface area contributed by atoms with Crippen molar-refractivity contribution in [3.05, 3.63) is 52.8 Å². The van der Waals surface area contributed by atoms with Crippen LogP contribution in [0.4, 0.5) is 0 Å². The van der Waals surface area contributed by atoms with Crippen LogP contribution in [0.5, 0.6) is 0 Å². The molecule has 0 spiro atoms. The van der Waals surface area contributed by atoms with Crippen molar-refractivity contribution in [1.29, 1.82) is 0 Å². The van der Waals surface area contributed by atoms with E-state index in [0.29, 0.717) is 11.6 Å². The van der Waals surface area contributed by atoms with E-state index in [-0.39, 0.29) is 5.91 Å². The summed E-state index contributed by atoms with van der Waals surface area (Å²) < 4.78 is 0. The first-order chi connectivity index (χ1) is 9.71. The minimum Gasteiger partial charge on any atom is -0.350 e. The molecule has 1 aliphatic rings. The van der Waals surface area contributed by atoms with Crippen molar-refractivity contribution in [1.82, 2.24) is 15.5 Å². The molecule has 1 amide bonds. The summed E-state index contributed by atoms with van der Waals surface area (Å²) in [4.78, 5) is 12.6. The number of carbonyl (C=O) groups is 1. The maximum Gasteiger partial charge on any atom is 0.230 e. The molecule has 4 nitrogen and oxygen atoms in total. The van der Waals surface area contributed by atoms with E-state index in [0.717, 1.165) is 30.5 Å². The molecule has 1 fully saturated rings. The topological polar surface area (TPSA) is 57.8 Å². The van der Waals surface area contributed by atoms with Gasteiger partial charge in [-0.25, -0.2) is 0 Å². The predicted molar refractivity (Wildman–Crippen MR) is 77.4 cm³/mol. The third kappa shape index (κ3) is 2.31. The Bertz CT molecular complexity index is 605. The van der Waals surface area contributed by atoms with E-state index in [4.69, 9.17) is 11.6 Å². The maximum absolute atomic E-state index is 12.6. The van der Waals surface area contributed by atoms with Crippen molar-refractivity contribution >= 4 is 17.5 Å². The molecule has 1 saturated carbocycles. The Morgan fingerprint density at radius 3 is 2.85 bits per heavy atom. The monoisotopic (exact) mass is 289 g/mol. The number of aromatic amines is 1. The van der Waals surface area contributed by atoms with Gasteiger partial charge >= 0.3 is 0 Å². The molecule has 0 atom stereocenters. The number of H-pyrrole nitrogens is 1. The maximum atomic E-state index is 12.6. The molecule has 2 N–H and O–H groups in total. The Morgan fingerprint density at radius 2 is 2.25 bits per heavy atom. The molecule has 104 valence electrons. The van der Waals surface area contributed by atoms with Crippen LogP contribution in [0.15, 0.2) is 36.5 Å². The van der Waals surface area contributed by atoms with E-state index in [1.807, 2.05) is 30.3 Å². The van der Waals surface area contributed by atoms with Gasteiger partial charge in [0.15, 0.2) is 0 Å². The molecule has 0 saturated heterocycles. The number of aromatic nitrogens is 2. The van der Waals surface area contributed by atoms with Gasteiger partial charge in [-0.05, 0) is 36.6 Å². The van der Waals surface area contributed by atoms with Crippen molar-refractivity contribution in [3.63, 3.8) is 0 Å². The highest BCUT2D eigenvalue weighted by molar-refractivity contribution is 6.30. The lowest BCUT2D eigenvalue weighted by molar-refractivity contribution is -0.130. The molecule has 20 heavy (non-hydrogen) atoms. The highest BCUT2D eigenvalue weighted by atomic mass is 35.5. The van der Waals surface area contributed by atoms with Crippen LogP contribution in [0.25, 0.3) is 0 Å². The second-order valence-corrected chi connectivity index (χ2v) is 5.65. The number of halogens is 1. The van der Waals surface area contributed by atoms with Gasteiger partial charge < -0.3 is 5.32 Å². The molecule has 1 heterocycles. The average Bonchev–Trinajstić information content (AvgIpc) is 2.88. The number of hydrogen-bond donors (Lipinski definition) is 2. The molecule has 1 aromatic heterocycles. The molecule has 0 radical (unpaired) electrons. The Balaban J connectivity index is 1.76. The van der Waals surface area contributed by atoms with Gasteiger partial charge in [-0.15, -0.1) is 0 Å². The average molecular weight is 290 g/mol. The Hall–Kier alpha value is -1.81. The zero-order chi connectivity index (χ0) is 14.0. The highest BCUT2D eigenvalue weighted by Crippen LogP contribution is 2.44. The number of benzene rings is 1. The fourth-order valence-electron chi connectivity index (χ4n) is 2.69. The van der Waals surface area contributed by atoms with Crippen molar-refractivity contribution in [2.75, 3.05) is 0 Å². The van der Waals surface area contributed by atoms with Gasteiger partial charge in [0.2, 0.25) is 5.91 Å². The summed E-state index contributed by atoms with van der Waals surface area (Å²) >= 11 is 6.05. The number of nitrogens with zero attached hydrogens (tertiary/aromatic N) is 1. The van der Waals surface area contributed by atoms with E-state index in [1.54, 1.807) is 6.20 Å². The van der Waals surface area contributed by atoms with E-state index < -0.39 is 5.41 Å². The molecule has 0 aliphatic heterocycles. The van der Waals surface area contributed by atoms with E-state index in [9.17, 15) is 4.79 Å². The van der Waals surface area contributed by atoms with Crippen LogP contribution < -0.4 is 5.32 Å². The Labute approximate surface area is 122 Å². The molecular formula is C15H16ClN3O. The molecule has 1 aromatic carbocycles. The van der Waals surface area contributed by atoms with Gasteiger partial charge in [0.1, 0.15) is 0 Å². The highest BCUT2D eigenvalue weighted by Gasteiger charge is 2.45. The lowest BCUT2D eigenvalue weighted by Crippen LogP contribution is -2.49. The predicted octanol–water partition coefficient (Wildman–Crippen LogP) is 2.80. The van der Waals surface area contributed by atoms with Crippen molar-refractivity contribution in [3.8, 4) is 0 Å². The molecule has 0 bridgehead atoms. The summed E-state index contributed by atoms with van der Waals surface area (Å²) in [6.45, 7) is 0.473. The van der Waals surface area contributed by atoms with Gasteiger partial charge in [-0.1, -0.05) is 30.2 Å². The summed E-state index contributed by atoms with van der Waals surface area (Å²) in [6, 6.07) is 9.48. The number of nitrogens with one attached hydrogen (secondary N) is 2. The minimum absolute atomic E-state index is 0.0700. The van der Waals surface area contributed by atoms with Crippen LogP contribution in [0.2, 0.25) is 5.02 Å². The van der Waals surface area contributed by atoms with Crippen molar-refractivity contribution < 1.29 is 4.79 Å². The summed E-state index contributed by atoms with van der Waals surface area (Å²) in [6.07, 6.45) is 4.51. The summed E-state index contributed by atoms with van der Waals surface area (Å²) in [7, 11) is 0. The third-order valence-electron chi connectivity index (χ3n) is 4.02. The zero-order valence-corrected chi connectivity index (χ0v) is 11.8. The van der Waals surface area contributed by atoms with Crippen LogP contribution in [0.1, 0.15) is 30.5 Å². The first kappa shape index (κ1) is 13.2. The van der Waals surface area contributed by atoms with Crippen LogP contribution in [-0.2, 0) is 16.8 Å². The van der Waals surface area contributed by atoms with Gasteiger partial charge in [0.25, 0.3) is 0 Å². The van der Waals surface area contributed by atoms with Crippen LogP contribution in [0.3, 0.4) is 0 Å². The minimum atomic E-state index is -0.412. The molecule has 1 aliphatic carbocycles. The number of amides is 1. The van der Waals surface area contributed by atoms with E-state index in [2.05, 4.69) is 15.5 Å². The first-order valence-corrected chi connectivity index (χ1v) is 7.11. The van der Waals surface area contributed by atoms with E-state index in [1.165, 1.54) is 0 Å². The van der Waals surface area contributed by atoms with Crippen LogP contribution >= 0.6 is 11.6 Å². The van der Waals surface area contributed by atoms with E-state index >= 15 is 0 Å². The van der Waals surface area contributed by atoms with Gasteiger partial charge in [-0.3, -0.25) is 9.89 Å². The SMILES string of the molecule is O=C(NCc1ccn[nH]1)C1(c2cccc(Cl)c2)CCC1. The standard InChI is InChI=1S/C15H16ClN3O/c16-12-4-1-3-11(9-12)15(6-2-7-15)14(20)17-10-13-5-8-18-19-13/h1,3-5,8-9H,2,6-7,10H2,(H,17,20)(H,18,19). The number of rotatable bonds is 4. The van der Waals surface area contributed by atoms with Crippen LogP contribution in [-0.4, -0.2) is 16.1 Å². The number of hydrogen-bond acceptors (Lipinski definition) is 2. The fourth-order valence-corrected chi connectivity index (χ4v) is 2.88. The first-order valence-electron chi connectivity index (χ1n) is 6.73. The molecule has 3 rings (SSSR count). The fraction of sp³-hybridized carbons (Fsp3) is 0.333. The molecule has 5 heteroatoms.